The molecule has 0 fully saturated rings. The largest absolute Gasteiger partial charge is 0.416 e. The van der Waals surface area contributed by atoms with Crippen LogP contribution in [0.15, 0.2) is 30.3 Å². The van der Waals surface area contributed by atoms with Crippen LogP contribution in [-0.2, 0) is 6.18 Å². The van der Waals surface area contributed by atoms with Crippen molar-refractivity contribution in [2.45, 2.75) is 38.8 Å². The van der Waals surface area contributed by atoms with Crippen LogP contribution in [0.3, 0.4) is 0 Å². The highest BCUT2D eigenvalue weighted by Crippen LogP contribution is 2.29. The Labute approximate surface area is 107 Å². The third kappa shape index (κ3) is 5.39. The van der Waals surface area contributed by atoms with Gasteiger partial charge < -0.3 is 0 Å². The quantitative estimate of drug-likeness (QED) is 0.588. The zero-order chi connectivity index (χ0) is 13.4. The molecule has 0 unspecified atom stereocenters. The number of unbranched alkanes of at least 4 members (excludes halogenated alkanes) is 4. The zero-order valence-corrected chi connectivity index (χ0v) is 10.5. The van der Waals surface area contributed by atoms with Gasteiger partial charge in [-0.25, -0.2) is 0 Å². The fourth-order valence-corrected chi connectivity index (χ4v) is 1.61. The lowest BCUT2D eigenvalue weighted by Gasteiger charge is -2.06. The van der Waals surface area contributed by atoms with E-state index < -0.39 is 11.7 Å². The molecule has 99 valence electrons. The molecule has 18 heavy (non-hydrogen) atoms. The molecule has 0 heterocycles. The lowest BCUT2D eigenvalue weighted by molar-refractivity contribution is -0.137. The first-order valence-corrected chi connectivity index (χ1v) is 6.21. The summed E-state index contributed by atoms with van der Waals surface area (Å²) in [5, 5.41) is 0. The summed E-state index contributed by atoms with van der Waals surface area (Å²) in [6, 6.07) is 5.35. The SMILES string of the molecule is CCCCC[CH]C=Cc1cccc(C(F)(F)F)c1. The number of allylic oxidation sites excluding steroid dienone is 1. The van der Waals surface area contributed by atoms with Crippen LogP contribution in [0.5, 0.6) is 0 Å². The van der Waals surface area contributed by atoms with Crippen LogP contribution in [0.1, 0.15) is 43.7 Å². The van der Waals surface area contributed by atoms with E-state index in [1.165, 1.54) is 18.9 Å². The summed E-state index contributed by atoms with van der Waals surface area (Å²) in [5.74, 6) is 0. The second-order valence-corrected chi connectivity index (χ2v) is 4.21. The van der Waals surface area contributed by atoms with E-state index in [-0.39, 0.29) is 0 Å². The zero-order valence-electron chi connectivity index (χ0n) is 10.5. The average Bonchev–Trinajstić information content (AvgIpc) is 2.33. The molecule has 0 bridgehead atoms. The third-order valence-corrected chi connectivity index (χ3v) is 2.61. The molecule has 0 nitrogen and oxygen atoms in total. The Hall–Kier alpha value is -1.25. The molecule has 1 radical (unpaired) electrons. The molecule has 0 N–H and O–H groups in total. The van der Waals surface area contributed by atoms with E-state index in [1.807, 2.05) is 12.5 Å². The normalized spacial score (nSPS) is 12.2. The molecule has 0 aliphatic carbocycles. The van der Waals surface area contributed by atoms with Gasteiger partial charge in [0.2, 0.25) is 0 Å². The summed E-state index contributed by atoms with van der Waals surface area (Å²) < 4.78 is 37.4. The number of rotatable bonds is 6. The summed E-state index contributed by atoms with van der Waals surface area (Å²) >= 11 is 0. The maximum atomic E-state index is 12.5. The van der Waals surface area contributed by atoms with Gasteiger partial charge in [0.1, 0.15) is 0 Å². The van der Waals surface area contributed by atoms with Crippen LogP contribution in [0.2, 0.25) is 0 Å². The summed E-state index contributed by atoms with van der Waals surface area (Å²) in [4.78, 5) is 0. The van der Waals surface area contributed by atoms with Crippen molar-refractivity contribution in [1.82, 2.24) is 0 Å². The van der Waals surface area contributed by atoms with E-state index in [0.29, 0.717) is 5.56 Å². The van der Waals surface area contributed by atoms with Gasteiger partial charge in [0.05, 0.1) is 5.56 Å². The molecular weight excluding hydrogens is 237 g/mol. The lowest BCUT2D eigenvalue weighted by atomic mass is 10.1. The van der Waals surface area contributed by atoms with Gasteiger partial charge in [0, 0.05) is 0 Å². The number of hydrogen-bond acceptors (Lipinski definition) is 0. The second kappa shape index (κ2) is 7.24. The standard InChI is InChI=1S/C15H18F3/c1-2-3-4-5-6-7-9-13-10-8-11-14(12-13)15(16,17)18/h6-12H,2-5H2,1H3. The number of halogens is 3. The highest BCUT2D eigenvalue weighted by molar-refractivity contribution is 5.51. The highest BCUT2D eigenvalue weighted by atomic mass is 19.4. The molecule has 0 amide bonds. The van der Waals surface area contributed by atoms with Crippen LogP contribution in [0.25, 0.3) is 6.08 Å². The third-order valence-electron chi connectivity index (χ3n) is 2.61. The fourth-order valence-electron chi connectivity index (χ4n) is 1.61. The van der Waals surface area contributed by atoms with Crippen LogP contribution in [0, 0.1) is 6.42 Å². The smallest absolute Gasteiger partial charge is 0.166 e. The summed E-state index contributed by atoms with van der Waals surface area (Å²) in [6.45, 7) is 2.14. The van der Waals surface area contributed by atoms with Crippen molar-refractivity contribution in [2.24, 2.45) is 0 Å². The van der Waals surface area contributed by atoms with E-state index >= 15 is 0 Å². The predicted molar refractivity (Wildman–Crippen MR) is 68.9 cm³/mol. The first-order valence-electron chi connectivity index (χ1n) is 6.21. The molecular formula is C15H18F3. The van der Waals surface area contributed by atoms with Crippen molar-refractivity contribution < 1.29 is 13.2 Å². The Bertz CT molecular complexity index is 378. The van der Waals surface area contributed by atoms with Gasteiger partial charge in [0.25, 0.3) is 0 Å². The van der Waals surface area contributed by atoms with E-state index in [2.05, 4.69) is 6.92 Å². The lowest BCUT2D eigenvalue weighted by Crippen LogP contribution is -2.04. The Kier molecular flexibility index (Phi) is 5.96. The number of hydrogen-bond donors (Lipinski definition) is 0. The van der Waals surface area contributed by atoms with E-state index in [1.54, 1.807) is 12.1 Å². The van der Waals surface area contributed by atoms with Crippen molar-refractivity contribution in [3.05, 3.63) is 47.9 Å². The van der Waals surface area contributed by atoms with Crippen molar-refractivity contribution in [1.29, 1.82) is 0 Å². The van der Waals surface area contributed by atoms with Gasteiger partial charge in [-0.05, 0) is 30.5 Å². The van der Waals surface area contributed by atoms with Gasteiger partial charge >= 0.3 is 6.18 Å². The maximum Gasteiger partial charge on any atom is 0.416 e. The van der Waals surface area contributed by atoms with Gasteiger partial charge in [0.15, 0.2) is 0 Å². The van der Waals surface area contributed by atoms with E-state index in [4.69, 9.17) is 0 Å². The Morgan fingerprint density at radius 3 is 2.61 bits per heavy atom. The highest BCUT2D eigenvalue weighted by Gasteiger charge is 2.30. The molecule has 1 aromatic carbocycles. The molecule has 0 saturated carbocycles. The van der Waals surface area contributed by atoms with Gasteiger partial charge in [-0.1, -0.05) is 50.5 Å². The van der Waals surface area contributed by atoms with Crippen molar-refractivity contribution in [2.75, 3.05) is 0 Å². The minimum Gasteiger partial charge on any atom is -0.166 e. The van der Waals surface area contributed by atoms with Gasteiger partial charge in [-0.3, -0.25) is 0 Å². The van der Waals surface area contributed by atoms with E-state index in [0.717, 1.165) is 25.0 Å². The number of benzene rings is 1. The molecule has 1 aromatic rings. The molecule has 3 heteroatoms. The monoisotopic (exact) mass is 255 g/mol. The van der Waals surface area contributed by atoms with Crippen molar-refractivity contribution >= 4 is 6.08 Å². The number of alkyl halides is 3. The summed E-state index contributed by atoms with van der Waals surface area (Å²) in [6.07, 6.45) is 5.72. The molecule has 1 rings (SSSR count). The molecule has 0 aliphatic rings. The summed E-state index contributed by atoms with van der Waals surface area (Å²) in [5.41, 5.74) is -0.0211. The van der Waals surface area contributed by atoms with Crippen molar-refractivity contribution in [3.8, 4) is 0 Å². The van der Waals surface area contributed by atoms with Crippen LogP contribution in [-0.4, -0.2) is 0 Å². The minimum atomic E-state index is -4.27. The Morgan fingerprint density at radius 1 is 1.17 bits per heavy atom. The molecule has 0 aliphatic heterocycles. The first kappa shape index (κ1) is 14.8. The molecule has 0 atom stereocenters. The maximum absolute atomic E-state index is 12.5. The van der Waals surface area contributed by atoms with Crippen LogP contribution < -0.4 is 0 Å². The second-order valence-electron chi connectivity index (χ2n) is 4.21. The molecule has 0 spiro atoms. The van der Waals surface area contributed by atoms with Crippen LogP contribution >= 0.6 is 0 Å². The molecule has 0 saturated heterocycles. The average molecular weight is 255 g/mol. The minimum absolute atomic E-state index is 0.580. The Morgan fingerprint density at radius 2 is 1.94 bits per heavy atom. The van der Waals surface area contributed by atoms with Gasteiger partial charge in [-0.15, -0.1) is 0 Å². The first-order chi connectivity index (χ1) is 8.54. The van der Waals surface area contributed by atoms with Crippen molar-refractivity contribution in [3.63, 3.8) is 0 Å². The predicted octanol–water partition coefficient (Wildman–Crippen LogP) is 5.50. The van der Waals surface area contributed by atoms with Gasteiger partial charge in [-0.2, -0.15) is 13.2 Å². The Balaban J connectivity index is 2.49. The topological polar surface area (TPSA) is 0 Å². The molecule has 0 aromatic heterocycles. The van der Waals surface area contributed by atoms with Crippen LogP contribution in [0.4, 0.5) is 13.2 Å². The fraction of sp³-hybridized carbons (Fsp3) is 0.400. The summed E-state index contributed by atoms with van der Waals surface area (Å²) in [7, 11) is 0. The van der Waals surface area contributed by atoms with E-state index in [9.17, 15) is 13.2 Å².